The number of rotatable bonds is 2. The second kappa shape index (κ2) is 7.43. The van der Waals surface area contributed by atoms with Crippen molar-refractivity contribution >= 4 is 29.3 Å². The molecule has 1 heterocycles. The maximum absolute atomic E-state index is 9.84. The Morgan fingerprint density at radius 3 is 2.64 bits per heavy atom. The van der Waals surface area contributed by atoms with E-state index in [0.29, 0.717) is 6.42 Å². The largest absolute Gasteiger partial charge is 0.287 e. The van der Waals surface area contributed by atoms with Crippen molar-refractivity contribution in [2.75, 3.05) is 0 Å². The van der Waals surface area contributed by atoms with Crippen LogP contribution in [-0.2, 0) is 4.79 Å². The number of hydrogen-bond acceptors (Lipinski definition) is 4. The van der Waals surface area contributed by atoms with Gasteiger partial charge in [-0.1, -0.05) is 10.6 Å². The molecule has 1 aromatic rings. The van der Waals surface area contributed by atoms with Crippen molar-refractivity contribution in [3.8, 4) is 0 Å². The summed E-state index contributed by atoms with van der Waals surface area (Å²) in [6.45, 7) is 3.33. The molecule has 0 fully saturated rings. The molecule has 0 unspecified atom stereocenters. The molecule has 60 valence electrons. The molecule has 0 bridgehead atoms. The Morgan fingerprint density at radius 1 is 1.82 bits per heavy atom. The van der Waals surface area contributed by atoms with E-state index in [-0.39, 0.29) is 5.12 Å². The van der Waals surface area contributed by atoms with E-state index in [9.17, 15) is 4.79 Å². The molecule has 0 amide bonds. The Labute approximate surface area is 74.7 Å². The van der Waals surface area contributed by atoms with Gasteiger partial charge in [0.05, 0.1) is 6.20 Å². The molecule has 1 aromatic heterocycles. The van der Waals surface area contributed by atoms with Gasteiger partial charge >= 0.3 is 0 Å². The molecular weight excluding hydrogens is 180 g/mol. The molecule has 0 radical (unpaired) electrons. The first-order valence-corrected chi connectivity index (χ1v) is 4.09. The number of carbonyl (C=O) groups excluding carboxylic acids is 1. The highest BCUT2D eigenvalue weighted by Crippen LogP contribution is 1.84. The van der Waals surface area contributed by atoms with Gasteiger partial charge in [0.1, 0.15) is 0 Å². The highest BCUT2D eigenvalue weighted by atomic mass is 32.1. The molecule has 0 spiro atoms. The zero-order valence-electron chi connectivity index (χ0n) is 5.80. The average molecular weight is 188 g/mol. The van der Waals surface area contributed by atoms with Crippen LogP contribution in [0.15, 0.2) is 24.2 Å². The zero-order valence-corrected chi connectivity index (χ0v) is 7.52. The fourth-order valence-corrected chi connectivity index (χ4v) is 0.661. The fraction of sp³-hybridized carbons (Fsp3) is 0.167. The van der Waals surface area contributed by atoms with Crippen LogP contribution in [0.4, 0.5) is 0 Å². The fourth-order valence-electron chi connectivity index (χ4n) is 0.260. The molecule has 0 saturated carbocycles. The van der Waals surface area contributed by atoms with Crippen molar-refractivity contribution < 1.29 is 4.79 Å². The first kappa shape index (κ1) is 10.3. The Morgan fingerprint density at radius 2 is 2.55 bits per heavy atom. The van der Waals surface area contributed by atoms with Crippen molar-refractivity contribution in [3.05, 3.63) is 24.2 Å². The SMILES string of the molecule is C=CCC(=O)S.c1csnn1. The average Bonchev–Trinajstić information content (AvgIpc) is 2.41. The third-order valence-electron chi connectivity index (χ3n) is 0.602. The van der Waals surface area contributed by atoms with Crippen LogP contribution in [0.2, 0.25) is 0 Å². The molecule has 0 atom stereocenters. The third kappa shape index (κ3) is 9.32. The van der Waals surface area contributed by atoms with Crippen molar-refractivity contribution in [2.45, 2.75) is 6.42 Å². The molecule has 0 aliphatic rings. The summed E-state index contributed by atoms with van der Waals surface area (Å²) in [6, 6.07) is 0. The smallest absolute Gasteiger partial charge is 0.189 e. The third-order valence-corrected chi connectivity index (χ3v) is 1.22. The van der Waals surface area contributed by atoms with Gasteiger partial charge in [0.15, 0.2) is 5.12 Å². The molecule has 5 heteroatoms. The number of hydrogen-bond donors (Lipinski definition) is 1. The quantitative estimate of drug-likeness (QED) is 0.565. The van der Waals surface area contributed by atoms with Gasteiger partial charge in [0.2, 0.25) is 0 Å². The number of allylic oxidation sites excluding steroid dienone is 1. The van der Waals surface area contributed by atoms with Crippen LogP contribution in [-0.4, -0.2) is 14.7 Å². The topological polar surface area (TPSA) is 42.9 Å². The summed E-state index contributed by atoms with van der Waals surface area (Å²) in [5, 5.41) is 5.18. The van der Waals surface area contributed by atoms with Gasteiger partial charge in [0, 0.05) is 11.8 Å². The maximum Gasteiger partial charge on any atom is 0.189 e. The lowest BCUT2D eigenvalue weighted by Gasteiger charge is -1.74. The van der Waals surface area contributed by atoms with Crippen molar-refractivity contribution in [1.82, 2.24) is 9.59 Å². The standard InChI is InChI=1S/C4H6OS.C2H2N2S/c1-2-3-4(5)6;1-2-5-4-3-1/h2H,1,3H2,(H,5,6);1-2H. The lowest BCUT2D eigenvalue weighted by molar-refractivity contribution is -0.110. The number of carbonyl (C=O) groups is 1. The van der Waals surface area contributed by atoms with Gasteiger partial charge in [-0.2, -0.15) is 0 Å². The van der Waals surface area contributed by atoms with Gasteiger partial charge in [-0.15, -0.1) is 24.3 Å². The summed E-state index contributed by atoms with van der Waals surface area (Å²) in [7, 11) is 0. The van der Waals surface area contributed by atoms with Gasteiger partial charge in [-0.25, -0.2) is 0 Å². The molecule has 3 nitrogen and oxygen atoms in total. The lowest BCUT2D eigenvalue weighted by atomic mass is 10.5. The Kier molecular flexibility index (Phi) is 6.97. The molecule has 0 aliphatic carbocycles. The van der Waals surface area contributed by atoms with E-state index < -0.39 is 0 Å². The van der Waals surface area contributed by atoms with Crippen molar-refractivity contribution in [1.29, 1.82) is 0 Å². The van der Waals surface area contributed by atoms with Crippen LogP contribution in [0.5, 0.6) is 0 Å². The van der Waals surface area contributed by atoms with E-state index in [1.807, 2.05) is 5.38 Å². The first-order valence-electron chi connectivity index (χ1n) is 2.81. The van der Waals surface area contributed by atoms with E-state index in [0.717, 1.165) is 0 Å². The van der Waals surface area contributed by atoms with Gasteiger partial charge in [0.25, 0.3) is 0 Å². The van der Waals surface area contributed by atoms with Crippen LogP contribution >= 0.6 is 24.2 Å². The highest BCUT2D eigenvalue weighted by Gasteiger charge is 1.81. The number of thiol groups is 1. The predicted molar refractivity (Wildman–Crippen MR) is 48.7 cm³/mol. The summed E-state index contributed by atoms with van der Waals surface area (Å²) < 4.78 is 3.51. The van der Waals surface area contributed by atoms with Crippen molar-refractivity contribution in [2.24, 2.45) is 0 Å². The molecule has 0 aliphatic heterocycles. The maximum atomic E-state index is 9.84. The second-order valence-electron chi connectivity index (χ2n) is 1.47. The Hall–Kier alpha value is -0.680. The van der Waals surface area contributed by atoms with Crippen LogP contribution in [0.1, 0.15) is 6.42 Å². The number of nitrogens with zero attached hydrogens (tertiary/aromatic N) is 2. The predicted octanol–water partition coefficient (Wildman–Crippen LogP) is 1.56. The molecule has 1 rings (SSSR count). The van der Waals surface area contributed by atoms with Crippen LogP contribution in [0, 0.1) is 0 Å². The van der Waals surface area contributed by atoms with Gasteiger partial charge < -0.3 is 0 Å². The minimum Gasteiger partial charge on any atom is -0.287 e. The molecule has 0 N–H and O–H groups in total. The molecular formula is C6H8N2OS2. The van der Waals surface area contributed by atoms with E-state index in [1.54, 1.807) is 6.20 Å². The second-order valence-corrected chi connectivity index (χ2v) is 2.62. The van der Waals surface area contributed by atoms with E-state index in [1.165, 1.54) is 17.6 Å². The van der Waals surface area contributed by atoms with Gasteiger partial charge in [-0.05, 0) is 11.5 Å². The zero-order chi connectivity index (χ0) is 8.53. The van der Waals surface area contributed by atoms with Crippen LogP contribution < -0.4 is 0 Å². The lowest BCUT2D eigenvalue weighted by Crippen LogP contribution is -1.77. The van der Waals surface area contributed by atoms with Crippen molar-refractivity contribution in [3.63, 3.8) is 0 Å². The summed E-state index contributed by atoms with van der Waals surface area (Å²) >= 11 is 4.82. The van der Waals surface area contributed by atoms with E-state index in [4.69, 9.17) is 0 Å². The Bertz CT molecular complexity index is 181. The minimum absolute atomic E-state index is 0.134. The molecule has 11 heavy (non-hydrogen) atoms. The van der Waals surface area contributed by atoms with E-state index in [2.05, 4.69) is 28.8 Å². The van der Waals surface area contributed by atoms with E-state index >= 15 is 0 Å². The highest BCUT2D eigenvalue weighted by molar-refractivity contribution is 7.96. The summed E-state index contributed by atoms with van der Waals surface area (Å²) in [5.74, 6) is 0. The monoisotopic (exact) mass is 188 g/mol. The first-order chi connectivity index (χ1) is 5.27. The van der Waals surface area contributed by atoms with Crippen LogP contribution in [0.3, 0.4) is 0 Å². The summed E-state index contributed by atoms with van der Waals surface area (Å²) in [5.41, 5.74) is 0. The minimum atomic E-state index is -0.134. The normalized spacial score (nSPS) is 7.73. The molecule has 0 saturated heterocycles. The summed E-state index contributed by atoms with van der Waals surface area (Å²) in [4.78, 5) is 9.84. The van der Waals surface area contributed by atoms with Crippen LogP contribution in [0.25, 0.3) is 0 Å². The molecule has 0 aromatic carbocycles. The summed E-state index contributed by atoms with van der Waals surface area (Å²) in [6.07, 6.45) is 3.54. The Balaban J connectivity index is 0.000000183. The number of aromatic nitrogens is 2. The van der Waals surface area contributed by atoms with Gasteiger partial charge in [-0.3, -0.25) is 4.79 Å².